The highest BCUT2D eigenvalue weighted by molar-refractivity contribution is 7.89. The minimum Gasteiger partial charge on any atom is -0.495 e. The summed E-state index contributed by atoms with van der Waals surface area (Å²) in [7, 11) is 0.716. The smallest absolute Gasteiger partial charge is 0.248 e. The van der Waals surface area contributed by atoms with E-state index in [4.69, 9.17) is 4.74 Å². The first kappa shape index (κ1) is 23.3. The number of benzene rings is 2. The molecule has 0 bridgehead atoms. The van der Waals surface area contributed by atoms with Crippen LogP contribution in [-0.2, 0) is 14.8 Å². The Balaban J connectivity index is 1.85. The Morgan fingerprint density at radius 1 is 1.06 bits per heavy atom. The highest BCUT2D eigenvalue weighted by atomic mass is 32.2. The number of ether oxygens (including phenoxy) is 1. The number of carbonyl (C=O) groups is 1. The molecule has 0 spiro atoms. The Hall–Kier alpha value is -3.36. The molecule has 0 atom stereocenters. The summed E-state index contributed by atoms with van der Waals surface area (Å²) in [6, 6.07) is 16.3. The minimum atomic E-state index is -3.64. The zero-order valence-electron chi connectivity index (χ0n) is 18.8. The van der Waals surface area contributed by atoms with Gasteiger partial charge in [-0.3, -0.25) is 4.79 Å². The fourth-order valence-electron chi connectivity index (χ4n) is 3.43. The number of aryl methyl sites for hydroxylation is 1. The lowest BCUT2D eigenvalue weighted by atomic mass is 10.2. The van der Waals surface area contributed by atoms with E-state index >= 15 is 0 Å². The van der Waals surface area contributed by atoms with Crippen LogP contribution >= 0.6 is 0 Å². The highest BCUT2D eigenvalue weighted by Gasteiger charge is 2.19. The van der Waals surface area contributed by atoms with Gasteiger partial charge in [-0.15, -0.1) is 0 Å². The number of nitrogens with zero attached hydrogens (tertiary/aromatic N) is 2. The molecule has 8 heteroatoms. The molecule has 1 heterocycles. The average molecular weight is 454 g/mol. The van der Waals surface area contributed by atoms with Crippen molar-refractivity contribution in [2.75, 3.05) is 26.5 Å². The van der Waals surface area contributed by atoms with Crippen LogP contribution in [0.3, 0.4) is 0 Å². The number of nitrogens with one attached hydrogen (secondary N) is 1. The maximum Gasteiger partial charge on any atom is 0.248 e. The van der Waals surface area contributed by atoms with E-state index in [1.807, 2.05) is 50.2 Å². The van der Waals surface area contributed by atoms with E-state index in [-0.39, 0.29) is 10.6 Å². The summed E-state index contributed by atoms with van der Waals surface area (Å²) in [5, 5.41) is 2.72. The predicted molar refractivity (Wildman–Crippen MR) is 127 cm³/mol. The second kappa shape index (κ2) is 9.42. The number of sulfonamides is 1. The Labute approximate surface area is 189 Å². The van der Waals surface area contributed by atoms with Gasteiger partial charge in [-0.1, -0.05) is 18.2 Å². The van der Waals surface area contributed by atoms with Crippen molar-refractivity contribution >= 4 is 27.7 Å². The molecule has 0 aliphatic heterocycles. The molecule has 3 rings (SSSR count). The number of para-hydroxylation sites is 1. The van der Waals surface area contributed by atoms with Gasteiger partial charge in [0.25, 0.3) is 0 Å². The molecule has 2 aromatic carbocycles. The number of methoxy groups -OCH3 is 1. The molecule has 32 heavy (non-hydrogen) atoms. The minimum absolute atomic E-state index is 0.0639. The van der Waals surface area contributed by atoms with Crippen LogP contribution in [0.1, 0.15) is 17.0 Å². The van der Waals surface area contributed by atoms with Gasteiger partial charge >= 0.3 is 0 Å². The number of carbonyl (C=O) groups excluding carboxylic acids is 1. The van der Waals surface area contributed by atoms with Crippen molar-refractivity contribution < 1.29 is 17.9 Å². The van der Waals surface area contributed by atoms with Crippen LogP contribution in [0.5, 0.6) is 5.75 Å². The monoisotopic (exact) mass is 453 g/mol. The summed E-state index contributed by atoms with van der Waals surface area (Å²) >= 11 is 0. The Morgan fingerprint density at radius 2 is 1.75 bits per heavy atom. The second-order valence-corrected chi connectivity index (χ2v) is 9.62. The van der Waals surface area contributed by atoms with Crippen LogP contribution in [0, 0.1) is 13.8 Å². The van der Waals surface area contributed by atoms with Crippen molar-refractivity contribution in [2.24, 2.45) is 0 Å². The van der Waals surface area contributed by atoms with Gasteiger partial charge in [-0.05, 0) is 61.9 Å². The van der Waals surface area contributed by atoms with Crippen LogP contribution in [0.2, 0.25) is 0 Å². The van der Waals surface area contributed by atoms with Crippen molar-refractivity contribution in [3.8, 4) is 11.4 Å². The second-order valence-electron chi connectivity index (χ2n) is 7.47. The molecule has 0 saturated heterocycles. The molecular weight excluding hydrogens is 426 g/mol. The summed E-state index contributed by atoms with van der Waals surface area (Å²) in [6.07, 6.45) is 3.16. The molecule has 3 aromatic rings. The molecular formula is C24H27N3O4S. The molecule has 168 valence electrons. The van der Waals surface area contributed by atoms with Crippen LogP contribution < -0.4 is 10.1 Å². The number of aromatic nitrogens is 1. The third kappa shape index (κ3) is 4.76. The molecule has 0 radical (unpaired) electrons. The Bertz CT molecular complexity index is 1260. The van der Waals surface area contributed by atoms with Crippen LogP contribution in [0.25, 0.3) is 11.8 Å². The van der Waals surface area contributed by atoms with Crippen LogP contribution in [-0.4, -0.2) is 44.4 Å². The lowest BCUT2D eigenvalue weighted by Gasteiger charge is -2.14. The lowest BCUT2D eigenvalue weighted by molar-refractivity contribution is -0.111. The van der Waals surface area contributed by atoms with Gasteiger partial charge in [0.2, 0.25) is 15.9 Å². The SMILES string of the molecule is COc1ccc(S(=O)(=O)N(C)C)cc1NC(=O)/C=C/c1cc(C)n(-c2ccccc2)c1C. The third-order valence-corrected chi connectivity index (χ3v) is 6.92. The van der Waals surface area contributed by atoms with E-state index < -0.39 is 15.9 Å². The van der Waals surface area contributed by atoms with E-state index in [1.54, 1.807) is 6.08 Å². The van der Waals surface area contributed by atoms with Crippen molar-refractivity contribution in [3.05, 3.63) is 77.6 Å². The number of rotatable bonds is 7. The molecule has 0 aliphatic rings. The van der Waals surface area contributed by atoms with E-state index in [0.29, 0.717) is 5.75 Å². The van der Waals surface area contributed by atoms with Crippen molar-refractivity contribution in [2.45, 2.75) is 18.7 Å². The van der Waals surface area contributed by atoms with E-state index in [9.17, 15) is 13.2 Å². The fourth-order valence-corrected chi connectivity index (χ4v) is 4.36. The Morgan fingerprint density at radius 3 is 2.38 bits per heavy atom. The van der Waals surface area contributed by atoms with Crippen molar-refractivity contribution in [1.82, 2.24) is 8.87 Å². The summed E-state index contributed by atoms with van der Waals surface area (Å²) in [5.41, 5.74) is 4.30. The number of anilines is 1. The lowest BCUT2D eigenvalue weighted by Crippen LogP contribution is -2.22. The molecule has 1 N–H and O–H groups in total. The highest BCUT2D eigenvalue weighted by Crippen LogP contribution is 2.28. The fraction of sp³-hybridized carbons (Fsp3) is 0.208. The van der Waals surface area contributed by atoms with Crippen LogP contribution in [0.15, 0.2) is 65.6 Å². The Kier molecular flexibility index (Phi) is 6.86. The third-order valence-electron chi connectivity index (χ3n) is 5.11. The zero-order chi connectivity index (χ0) is 23.5. The van der Waals surface area contributed by atoms with Crippen LogP contribution in [0.4, 0.5) is 5.69 Å². The molecule has 7 nitrogen and oxygen atoms in total. The summed E-state index contributed by atoms with van der Waals surface area (Å²) in [4.78, 5) is 12.7. The first-order valence-corrected chi connectivity index (χ1v) is 11.4. The summed E-state index contributed by atoms with van der Waals surface area (Å²) < 4.78 is 33.4. The van der Waals surface area contributed by atoms with Gasteiger partial charge in [-0.25, -0.2) is 12.7 Å². The first-order valence-electron chi connectivity index (χ1n) is 9.99. The molecule has 0 fully saturated rings. The molecule has 0 saturated carbocycles. The largest absolute Gasteiger partial charge is 0.495 e. The zero-order valence-corrected chi connectivity index (χ0v) is 19.6. The van der Waals surface area contributed by atoms with Gasteiger partial charge in [0.05, 0.1) is 17.7 Å². The van der Waals surface area contributed by atoms with Crippen molar-refractivity contribution in [3.63, 3.8) is 0 Å². The molecule has 0 aliphatic carbocycles. The maximum atomic E-state index is 12.6. The van der Waals surface area contributed by atoms with Gasteiger partial charge in [0.15, 0.2) is 0 Å². The molecule has 0 unspecified atom stereocenters. The summed E-state index contributed by atoms with van der Waals surface area (Å²) in [5.74, 6) is -0.0288. The topological polar surface area (TPSA) is 80.6 Å². The quantitative estimate of drug-likeness (QED) is 0.548. The van der Waals surface area contributed by atoms with Gasteiger partial charge in [0.1, 0.15) is 5.75 Å². The molecule has 1 aromatic heterocycles. The normalized spacial score (nSPS) is 11.8. The predicted octanol–water partition coefficient (Wildman–Crippen LogP) is 4.00. The first-order chi connectivity index (χ1) is 15.1. The van der Waals surface area contributed by atoms with E-state index in [2.05, 4.69) is 9.88 Å². The van der Waals surface area contributed by atoms with Crippen molar-refractivity contribution in [1.29, 1.82) is 0 Å². The van der Waals surface area contributed by atoms with Gasteiger partial charge < -0.3 is 14.6 Å². The standard InChI is InChI=1S/C24H27N3O4S/c1-17-15-19(18(2)27(17)20-9-7-6-8-10-20)11-14-24(28)25-22-16-21(12-13-23(22)31-5)32(29,30)26(3)4/h6-16H,1-5H3,(H,25,28)/b14-11+. The van der Waals surface area contributed by atoms with E-state index in [0.717, 1.165) is 26.9 Å². The number of amides is 1. The van der Waals surface area contributed by atoms with E-state index in [1.165, 1.54) is 45.5 Å². The number of hydrogen-bond donors (Lipinski definition) is 1. The molecule has 1 amide bonds. The van der Waals surface area contributed by atoms with Gasteiger partial charge in [-0.2, -0.15) is 0 Å². The average Bonchev–Trinajstić information content (AvgIpc) is 3.05. The number of hydrogen-bond acceptors (Lipinski definition) is 4. The summed E-state index contributed by atoms with van der Waals surface area (Å²) in [6.45, 7) is 4.01. The van der Waals surface area contributed by atoms with Gasteiger partial charge in [0, 0.05) is 37.2 Å². The maximum absolute atomic E-state index is 12.6.